The molecule has 21 heavy (non-hydrogen) atoms. The quantitative estimate of drug-likeness (QED) is 0.735. The van der Waals surface area contributed by atoms with Crippen LogP contribution in [0, 0.1) is 5.92 Å². The average Bonchev–Trinajstić information content (AvgIpc) is 2.44. The second kappa shape index (κ2) is 9.03. The van der Waals surface area contributed by atoms with Gasteiger partial charge in [-0.1, -0.05) is 19.9 Å². The summed E-state index contributed by atoms with van der Waals surface area (Å²) in [6.45, 7) is 7.46. The summed E-state index contributed by atoms with van der Waals surface area (Å²) in [4.78, 5) is 0. The third-order valence-corrected chi connectivity index (χ3v) is 3.51. The van der Waals surface area contributed by atoms with Gasteiger partial charge < -0.3 is 19.9 Å². The van der Waals surface area contributed by atoms with Crippen molar-refractivity contribution in [3.8, 4) is 5.75 Å². The Hall–Kier alpha value is -1.10. The zero-order chi connectivity index (χ0) is 15.8. The molecule has 0 radical (unpaired) electrons. The Labute approximate surface area is 128 Å². The van der Waals surface area contributed by atoms with Crippen molar-refractivity contribution in [1.29, 1.82) is 0 Å². The molecule has 0 bridgehead atoms. The molecule has 2 N–H and O–H groups in total. The van der Waals surface area contributed by atoms with Crippen molar-refractivity contribution in [2.24, 2.45) is 5.92 Å². The highest BCUT2D eigenvalue weighted by molar-refractivity contribution is 5.38. The number of hydrogen-bond acceptors (Lipinski definition) is 4. The van der Waals surface area contributed by atoms with E-state index < -0.39 is 0 Å². The number of aliphatic hydroxyl groups excluding tert-OH is 1. The van der Waals surface area contributed by atoms with Crippen LogP contribution in [-0.2, 0) is 11.3 Å². The Morgan fingerprint density at radius 3 is 2.48 bits per heavy atom. The summed E-state index contributed by atoms with van der Waals surface area (Å²) >= 11 is 0. The minimum Gasteiger partial charge on any atom is -0.496 e. The van der Waals surface area contributed by atoms with Gasteiger partial charge in [0.2, 0.25) is 0 Å². The first-order valence-corrected chi connectivity index (χ1v) is 7.55. The highest BCUT2D eigenvalue weighted by Gasteiger charge is 2.12. The lowest BCUT2D eigenvalue weighted by Crippen LogP contribution is -2.30. The van der Waals surface area contributed by atoms with Crippen LogP contribution in [0.5, 0.6) is 5.75 Å². The van der Waals surface area contributed by atoms with E-state index in [-0.39, 0.29) is 12.1 Å². The first-order chi connectivity index (χ1) is 9.97. The molecule has 0 fully saturated rings. The number of rotatable bonds is 9. The van der Waals surface area contributed by atoms with Crippen LogP contribution in [0.15, 0.2) is 18.2 Å². The number of aliphatic hydroxyl groups is 1. The monoisotopic (exact) mass is 295 g/mol. The third kappa shape index (κ3) is 6.04. The fourth-order valence-electron chi connectivity index (χ4n) is 2.39. The maximum Gasteiger partial charge on any atom is 0.124 e. The van der Waals surface area contributed by atoms with E-state index >= 15 is 0 Å². The van der Waals surface area contributed by atoms with E-state index in [1.165, 1.54) is 5.56 Å². The molecule has 0 heterocycles. The second-order valence-corrected chi connectivity index (χ2v) is 5.92. The predicted molar refractivity (Wildman–Crippen MR) is 85.6 cm³/mol. The molecule has 1 rings (SSSR count). The predicted octanol–water partition coefficient (Wildman–Crippen LogP) is 2.90. The third-order valence-electron chi connectivity index (χ3n) is 3.51. The fourth-order valence-corrected chi connectivity index (χ4v) is 2.39. The van der Waals surface area contributed by atoms with Crippen LogP contribution in [0.2, 0.25) is 0 Å². The van der Waals surface area contributed by atoms with Gasteiger partial charge in [-0.25, -0.2) is 0 Å². The minimum absolute atomic E-state index is 0.174. The van der Waals surface area contributed by atoms with Gasteiger partial charge in [0.15, 0.2) is 0 Å². The highest BCUT2D eigenvalue weighted by atomic mass is 16.5. The number of ether oxygens (including phenoxy) is 2. The van der Waals surface area contributed by atoms with Crippen molar-refractivity contribution in [3.05, 3.63) is 29.3 Å². The van der Waals surface area contributed by atoms with Gasteiger partial charge in [0, 0.05) is 25.3 Å². The van der Waals surface area contributed by atoms with Gasteiger partial charge in [-0.3, -0.25) is 0 Å². The Kier molecular flexibility index (Phi) is 7.72. The van der Waals surface area contributed by atoms with Crippen molar-refractivity contribution in [2.75, 3.05) is 20.8 Å². The minimum atomic E-state index is -0.302. The molecule has 0 spiro atoms. The van der Waals surface area contributed by atoms with E-state index in [0.29, 0.717) is 19.1 Å². The van der Waals surface area contributed by atoms with Crippen molar-refractivity contribution >= 4 is 0 Å². The van der Waals surface area contributed by atoms with Crippen molar-refractivity contribution in [1.82, 2.24) is 5.32 Å². The molecular formula is C17H29NO3. The first kappa shape index (κ1) is 18.0. The van der Waals surface area contributed by atoms with Gasteiger partial charge >= 0.3 is 0 Å². The molecule has 1 aromatic carbocycles. The maximum absolute atomic E-state index is 9.93. The summed E-state index contributed by atoms with van der Waals surface area (Å²) in [6.07, 6.45) is 0.515. The zero-order valence-electron chi connectivity index (χ0n) is 13.8. The summed E-state index contributed by atoms with van der Waals surface area (Å²) in [7, 11) is 3.34. The van der Waals surface area contributed by atoms with Crippen molar-refractivity contribution in [2.45, 2.75) is 45.9 Å². The lowest BCUT2D eigenvalue weighted by molar-refractivity contribution is 0.143. The summed E-state index contributed by atoms with van der Waals surface area (Å²) in [5.74, 6) is 1.35. The van der Waals surface area contributed by atoms with Crippen molar-refractivity contribution < 1.29 is 14.6 Å². The topological polar surface area (TPSA) is 50.7 Å². The van der Waals surface area contributed by atoms with E-state index in [0.717, 1.165) is 17.7 Å². The van der Waals surface area contributed by atoms with Crippen LogP contribution in [0.3, 0.4) is 0 Å². The molecule has 0 aromatic heterocycles. The van der Waals surface area contributed by atoms with Gasteiger partial charge in [-0.2, -0.15) is 0 Å². The van der Waals surface area contributed by atoms with E-state index in [4.69, 9.17) is 9.47 Å². The smallest absolute Gasteiger partial charge is 0.124 e. The Morgan fingerprint density at radius 2 is 1.90 bits per heavy atom. The Bertz CT molecular complexity index is 420. The van der Waals surface area contributed by atoms with E-state index in [2.05, 4.69) is 32.2 Å². The SMILES string of the molecule is COCc1cc(C(C)NCC(O)CC(C)C)ccc1OC. The summed E-state index contributed by atoms with van der Waals surface area (Å²) in [5.41, 5.74) is 2.20. The molecule has 0 amide bonds. The number of benzene rings is 1. The summed E-state index contributed by atoms with van der Waals surface area (Å²) < 4.78 is 10.5. The lowest BCUT2D eigenvalue weighted by atomic mass is 10.0. The van der Waals surface area contributed by atoms with Crippen LogP contribution in [0.1, 0.15) is 44.4 Å². The molecular weight excluding hydrogens is 266 g/mol. The molecule has 2 atom stereocenters. The van der Waals surface area contributed by atoms with Crippen LogP contribution in [0.25, 0.3) is 0 Å². The molecule has 0 saturated heterocycles. The van der Waals surface area contributed by atoms with Crippen LogP contribution < -0.4 is 10.1 Å². The maximum atomic E-state index is 9.93. The van der Waals surface area contributed by atoms with Crippen LogP contribution in [0.4, 0.5) is 0 Å². The molecule has 4 heteroatoms. The normalized spacial score (nSPS) is 14.2. The molecule has 1 aromatic rings. The molecule has 120 valence electrons. The number of nitrogens with one attached hydrogen (secondary N) is 1. The van der Waals surface area contributed by atoms with Crippen LogP contribution >= 0.6 is 0 Å². The second-order valence-electron chi connectivity index (χ2n) is 5.92. The average molecular weight is 295 g/mol. The largest absolute Gasteiger partial charge is 0.496 e. The number of methoxy groups -OCH3 is 2. The molecule has 0 aliphatic carbocycles. The standard InChI is InChI=1S/C17H29NO3/c1-12(2)8-16(19)10-18-13(3)14-6-7-17(21-5)15(9-14)11-20-4/h6-7,9,12-13,16,18-19H,8,10-11H2,1-5H3. The van der Waals surface area contributed by atoms with E-state index in [1.807, 2.05) is 12.1 Å². The lowest BCUT2D eigenvalue weighted by Gasteiger charge is -2.20. The molecule has 0 saturated carbocycles. The van der Waals surface area contributed by atoms with Gasteiger partial charge in [0.05, 0.1) is 19.8 Å². The van der Waals surface area contributed by atoms with E-state index in [9.17, 15) is 5.11 Å². The van der Waals surface area contributed by atoms with Gasteiger partial charge in [0.25, 0.3) is 0 Å². The first-order valence-electron chi connectivity index (χ1n) is 7.55. The molecule has 0 aliphatic heterocycles. The fraction of sp³-hybridized carbons (Fsp3) is 0.647. The molecule has 0 aliphatic rings. The van der Waals surface area contributed by atoms with Crippen molar-refractivity contribution in [3.63, 3.8) is 0 Å². The van der Waals surface area contributed by atoms with Gasteiger partial charge in [0.1, 0.15) is 5.75 Å². The summed E-state index contributed by atoms with van der Waals surface area (Å²) in [5, 5.41) is 13.3. The summed E-state index contributed by atoms with van der Waals surface area (Å²) in [6, 6.07) is 6.28. The molecule has 4 nitrogen and oxygen atoms in total. The Morgan fingerprint density at radius 1 is 1.19 bits per heavy atom. The van der Waals surface area contributed by atoms with Crippen LogP contribution in [-0.4, -0.2) is 32.0 Å². The van der Waals surface area contributed by atoms with Gasteiger partial charge in [-0.15, -0.1) is 0 Å². The number of hydrogen-bond donors (Lipinski definition) is 2. The zero-order valence-corrected chi connectivity index (χ0v) is 13.8. The highest BCUT2D eigenvalue weighted by Crippen LogP contribution is 2.24. The molecule has 2 unspecified atom stereocenters. The Balaban J connectivity index is 2.65. The van der Waals surface area contributed by atoms with E-state index in [1.54, 1.807) is 14.2 Å². The van der Waals surface area contributed by atoms with Gasteiger partial charge in [-0.05, 0) is 37.0 Å².